The van der Waals surface area contributed by atoms with E-state index in [9.17, 15) is 17.6 Å². The van der Waals surface area contributed by atoms with E-state index >= 15 is 0 Å². The number of nitrogens with zero attached hydrogens (tertiary/aromatic N) is 1. The first-order chi connectivity index (χ1) is 10.3. The molecule has 0 aliphatic carbocycles. The van der Waals surface area contributed by atoms with Crippen LogP contribution in [-0.2, 0) is 14.8 Å². The highest BCUT2D eigenvalue weighted by molar-refractivity contribution is 7.90. The van der Waals surface area contributed by atoms with Crippen LogP contribution in [0, 0.1) is 19.7 Å². The van der Waals surface area contributed by atoms with Crippen LogP contribution in [0.15, 0.2) is 35.4 Å². The van der Waals surface area contributed by atoms with Gasteiger partial charge in [0, 0.05) is 17.2 Å². The van der Waals surface area contributed by atoms with Crippen LogP contribution in [0.5, 0.6) is 0 Å². The van der Waals surface area contributed by atoms with Gasteiger partial charge in [0.25, 0.3) is 15.9 Å². The topological polar surface area (TPSA) is 76.1 Å². The molecule has 2 aromatic rings. The summed E-state index contributed by atoms with van der Waals surface area (Å²) in [7, 11) is -4.24. The quantitative estimate of drug-likeness (QED) is 0.867. The van der Waals surface area contributed by atoms with Crippen molar-refractivity contribution in [2.45, 2.75) is 18.7 Å². The minimum absolute atomic E-state index is 0.562. The molecule has 1 N–H and O–H groups in total. The lowest BCUT2D eigenvalue weighted by atomic mass is 10.2. The fourth-order valence-electron chi connectivity index (χ4n) is 1.66. The Hall–Kier alpha value is -2.06. The number of thiazole rings is 1. The van der Waals surface area contributed by atoms with Gasteiger partial charge in [-0.3, -0.25) is 4.79 Å². The maximum atomic E-state index is 13.7. The summed E-state index contributed by atoms with van der Waals surface area (Å²) in [5.41, 5.74) is 0.586. The largest absolute Gasteiger partial charge is 0.269 e. The van der Waals surface area contributed by atoms with Gasteiger partial charge in [-0.05, 0) is 37.6 Å². The predicted molar refractivity (Wildman–Crippen MR) is 82.4 cm³/mol. The minimum Gasteiger partial charge on any atom is -0.269 e. The summed E-state index contributed by atoms with van der Waals surface area (Å²) >= 11 is 1.36. The van der Waals surface area contributed by atoms with Crippen LogP contribution in [-0.4, -0.2) is 19.3 Å². The second kappa shape index (κ2) is 6.37. The molecule has 0 radical (unpaired) electrons. The molecule has 1 aromatic heterocycles. The summed E-state index contributed by atoms with van der Waals surface area (Å²) < 4.78 is 39.4. The molecule has 0 aliphatic heterocycles. The Morgan fingerprint density at radius 2 is 2.09 bits per heavy atom. The molecule has 0 unspecified atom stereocenters. The third-order valence-corrected chi connectivity index (χ3v) is 4.91. The zero-order valence-electron chi connectivity index (χ0n) is 11.8. The Labute approximate surface area is 131 Å². The number of aryl methyl sites for hydroxylation is 2. The summed E-state index contributed by atoms with van der Waals surface area (Å²) in [6.45, 7) is 3.45. The summed E-state index contributed by atoms with van der Waals surface area (Å²) in [6, 6.07) is 3.67. The van der Waals surface area contributed by atoms with E-state index in [1.54, 1.807) is 17.8 Å². The number of aromatic nitrogens is 1. The number of nitrogens with one attached hydrogen (secondary N) is 1. The van der Waals surface area contributed by atoms with Crippen molar-refractivity contribution < 1.29 is 17.6 Å². The van der Waals surface area contributed by atoms with Gasteiger partial charge in [-0.2, -0.15) is 0 Å². The summed E-state index contributed by atoms with van der Waals surface area (Å²) in [4.78, 5) is 15.8. The van der Waals surface area contributed by atoms with Crippen LogP contribution in [0.25, 0.3) is 6.08 Å². The highest BCUT2D eigenvalue weighted by Crippen LogP contribution is 2.16. The normalized spacial score (nSPS) is 11.8. The highest BCUT2D eigenvalue weighted by atomic mass is 32.2. The summed E-state index contributed by atoms with van der Waals surface area (Å²) in [6.07, 6.45) is 4.08. The maximum Gasteiger partial charge on any atom is 0.267 e. The zero-order valence-corrected chi connectivity index (χ0v) is 13.5. The number of carbonyl (C=O) groups is 1. The van der Waals surface area contributed by atoms with Crippen LogP contribution in [0.3, 0.4) is 0 Å². The smallest absolute Gasteiger partial charge is 0.267 e. The lowest BCUT2D eigenvalue weighted by Crippen LogP contribution is -2.29. The van der Waals surface area contributed by atoms with Gasteiger partial charge in [-0.15, -0.1) is 11.3 Å². The third-order valence-electron chi connectivity index (χ3n) is 2.65. The molecule has 0 spiro atoms. The fourth-order valence-corrected chi connectivity index (χ4v) is 3.35. The zero-order chi connectivity index (χ0) is 16.3. The van der Waals surface area contributed by atoms with Gasteiger partial charge in [-0.25, -0.2) is 22.5 Å². The van der Waals surface area contributed by atoms with Gasteiger partial charge >= 0.3 is 0 Å². The van der Waals surface area contributed by atoms with Crippen LogP contribution in [0.4, 0.5) is 4.39 Å². The second-order valence-corrected chi connectivity index (χ2v) is 7.44. The minimum atomic E-state index is -4.24. The first-order valence-corrected chi connectivity index (χ1v) is 8.51. The van der Waals surface area contributed by atoms with Crippen molar-refractivity contribution in [3.63, 3.8) is 0 Å². The molecule has 22 heavy (non-hydrogen) atoms. The van der Waals surface area contributed by atoms with E-state index < -0.39 is 26.6 Å². The van der Waals surface area contributed by atoms with Gasteiger partial charge in [0.1, 0.15) is 10.7 Å². The molecule has 1 aromatic carbocycles. The maximum absolute atomic E-state index is 13.7. The fraction of sp³-hybridized carbons (Fsp3) is 0.143. The second-order valence-electron chi connectivity index (χ2n) is 4.52. The molecule has 0 atom stereocenters. The molecule has 116 valence electrons. The molecular weight excluding hydrogens is 327 g/mol. The van der Waals surface area contributed by atoms with Gasteiger partial charge in [0.15, 0.2) is 0 Å². The Bertz CT molecular complexity index is 842. The number of hydrogen-bond acceptors (Lipinski definition) is 5. The van der Waals surface area contributed by atoms with Gasteiger partial charge in [-0.1, -0.05) is 6.07 Å². The molecule has 2 rings (SSSR count). The first kappa shape index (κ1) is 16.3. The Kier molecular flexibility index (Phi) is 4.72. The SMILES string of the molecule is Cc1ccc(S(=O)(=O)NC(=O)/C=C/c2cnc(C)s2)c(F)c1. The predicted octanol–water partition coefficient (Wildman–Crippen LogP) is 2.42. The van der Waals surface area contributed by atoms with E-state index in [1.165, 1.54) is 23.5 Å². The number of benzene rings is 1. The number of amides is 1. The number of sulfonamides is 1. The lowest BCUT2D eigenvalue weighted by molar-refractivity contribution is -0.114. The number of carbonyl (C=O) groups excluding carboxylic acids is 1. The van der Waals surface area contributed by atoms with Crippen LogP contribution < -0.4 is 4.72 Å². The van der Waals surface area contributed by atoms with Crippen molar-refractivity contribution in [1.29, 1.82) is 0 Å². The van der Waals surface area contributed by atoms with Crippen molar-refractivity contribution >= 4 is 33.3 Å². The van der Waals surface area contributed by atoms with Gasteiger partial charge < -0.3 is 0 Å². The van der Waals surface area contributed by atoms with Crippen LogP contribution >= 0.6 is 11.3 Å². The number of halogens is 1. The molecule has 5 nitrogen and oxygen atoms in total. The van der Waals surface area contributed by atoms with E-state index in [4.69, 9.17) is 0 Å². The third kappa shape index (κ3) is 3.99. The monoisotopic (exact) mass is 340 g/mol. The molecule has 1 amide bonds. The Balaban J connectivity index is 2.14. The summed E-state index contributed by atoms with van der Waals surface area (Å²) in [5.74, 6) is -1.76. The van der Waals surface area contributed by atoms with Crippen LogP contribution in [0.1, 0.15) is 15.4 Å². The Morgan fingerprint density at radius 3 is 2.68 bits per heavy atom. The van der Waals surface area contributed by atoms with Crippen molar-refractivity contribution in [1.82, 2.24) is 9.71 Å². The lowest BCUT2D eigenvalue weighted by Gasteiger charge is -2.06. The van der Waals surface area contributed by atoms with E-state index in [0.717, 1.165) is 23.2 Å². The molecule has 8 heteroatoms. The molecular formula is C14H13FN2O3S2. The van der Waals surface area contributed by atoms with E-state index in [-0.39, 0.29) is 0 Å². The van der Waals surface area contributed by atoms with Crippen molar-refractivity contribution in [2.24, 2.45) is 0 Å². The van der Waals surface area contributed by atoms with E-state index in [1.807, 2.05) is 6.92 Å². The number of rotatable bonds is 4. The first-order valence-electron chi connectivity index (χ1n) is 6.21. The van der Waals surface area contributed by atoms with Crippen molar-refractivity contribution in [2.75, 3.05) is 0 Å². The molecule has 0 bridgehead atoms. The number of hydrogen-bond donors (Lipinski definition) is 1. The average molecular weight is 340 g/mol. The van der Waals surface area contributed by atoms with Gasteiger partial charge in [0.2, 0.25) is 0 Å². The Morgan fingerprint density at radius 1 is 1.36 bits per heavy atom. The molecule has 0 saturated heterocycles. The van der Waals surface area contributed by atoms with Gasteiger partial charge in [0.05, 0.1) is 5.01 Å². The van der Waals surface area contributed by atoms with Crippen molar-refractivity contribution in [3.05, 3.63) is 51.7 Å². The molecule has 1 heterocycles. The van der Waals surface area contributed by atoms with Crippen LogP contribution in [0.2, 0.25) is 0 Å². The highest BCUT2D eigenvalue weighted by Gasteiger charge is 2.20. The summed E-state index contributed by atoms with van der Waals surface area (Å²) in [5, 5.41) is 0.828. The average Bonchev–Trinajstić information content (AvgIpc) is 2.81. The standard InChI is InChI=1S/C14H13FN2O3S2/c1-9-3-5-13(12(15)7-9)22(19,20)17-14(18)6-4-11-8-16-10(2)21-11/h3-8H,1-2H3,(H,17,18)/b6-4+. The molecule has 0 aliphatic rings. The molecule has 0 fully saturated rings. The molecule has 0 saturated carbocycles. The van der Waals surface area contributed by atoms with E-state index in [2.05, 4.69) is 4.98 Å². The van der Waals surface area contributed by atoms with E-state index in [0.29, 0.717) is 10.4 Å². The van der Waals surface area contributed by atoms with Crippen molar-refractivity contribution in [3.8, 4) is 0 Å².